The molecule has 0 aliphatic rings. The number of ether oxygens (including phenoxy) is 4. The van der Waals surface area contributed by atoms with E-state index in [0.29, 0.717) is 22.3 Å². The van der Waals surface area contributed by atoms with Crippen LogP contribution in [0.15, 0.2) is 120 Å². The van der Waals surface area contributed by atoms with Crippen LogP contribution in [0.2, 0.25) is 0 Å². The molecule has 0 fully saturated rings. The van der Waals surface area contributed by atoms with Crippen molar-refractivity contribution in [2.24, 2.45) is 0 Å². The fourth-order valence-electron chi connectivity index (χ4n) is 4.21. The van der Waals surface area contributed by atoms with Crippen molar-refractivity contribution in [3.05, 3.63) is 143 Å². The van der Waals surface area contributed by atoms with Crippen molar-refractivity contribution in [1.29, 1.82) is 0 Å². The summed E-state index contributed by atoms with van der Waals surface area (Å²) in [7, 11) is 0. The van der Waals surface area contributed by atoms with E-state index >= 15 is 0 Å². The largest absolute Gasteiger partial charge is 0.462 e. The minimum atomic E-state index is -0.640. The second-order valence-corrected chi connectivity index (χ2v) is 10.0. The minimum absolute atomic E-state index is 0.0428. The molecule has 0 aromatic heterocycles. The van der Waals surface area contributed by atoms with E-state index in [2.05, 4.69) is 23.7 Å². The maximum Gasteiger partial charge on any atom is 0.346 e. The minimum Gasteiger partial charge on any atom is -0.462 e. The van der Waals surface area contributed by atoms with E-state index in [1.807, 2.05) is 60.7 Å². The summed E-state index contributed by atoms with van der Waals surface area (Å²) in [4.78, 5) is 51.6. The number of benzene rings is 3. The molecule has 254 valence electrons. The molecule has 0 saturated heterocycles. The molecule has 0 heterocycles. The predicted molar refractivity (Wildman–Crippen MR) is 192 cm³/mol. The SMILES string of the molecule is CCOC(=O)/C(C#Cc1ccccc1)=C/C=C(/C(=O)OCC)c1ccc(/C(=C\C=C(/C#Cc2ccccc2)C(=O)OCC)C(=O)OCC)cc1. The van der Waals surface area contributed by atoms with E-state index < -0.39 is 23.9 Å². The first-order chi connectivity index (χ1) is 24.3. The van der Waals surface area contributed by atoms with Gasteiger partial charge in [-0.25, -0.2) is 19.2 Å². The van der Waals surface area contributed by atoms with Gasteiger partial charge in [0.1, 0.15) is 11.1 Å². The van der Waals surface area contributed by atoms with Crippen LogP contribution in [0.5, 0.6) is 0 Å². The molecule has 3 rings (SSSR count). The van der Waals surface area contributed by atoms with Crippen molar-refractivity contribution in [3.8, 4) is 23.7 Å². The van der Waals surface area contributed by atoms with E-state index in [1.54, 1.807) is 52.0 Å². The molecule has 50 heavy (non-hydrogen) atoms. The third-order valence-electron chi connectivity index (χ3n) is 6.55. The predicted octanol–water partition coefficient (Wildman–Crippen LogP) is 6.66. The molecule has 8 nitrogen and oxygen atoms in total. The summed E-state index contributed by atoms with van der Waals surface area (Å²) in [5, 5.41) is 0. The molecular formula is C42H38O8. The highest BCUT2D eigenvalue weighted by Gasteiger charge is 2.17. The molecule has 0 aliphatic heterocycles. The monoisotopic (exact) mass is 670 g/mol. The van der Waals surface area contributed by atoms with Crippen molar-refractivity contribution in [2.75, 3.05) is 26.4 Å². The van der Waals surface area contributed by atoms with Crippen LogP contribution < -0.4 is 0 Å². The maximum atomic E-state index is 13.1. The summed E-state index contributed by atoms with van der Waals surface area (Å²) in [6, 6.07) is 24.8. The molecular weight excluding hydrogens is 632 g/mol. The Labute approximate surface area is 293 Å². The van der Waals surface area contributed by atoms with Crippen LogP contribution in [-0.2, 0) is 38.1 Å². The van der Waals surface area contributed by atoms with Gasteiger partial charge in [-0.2, -0.15) is 0 Å². The first kappa shape index (κ1) is 38.1. The Bertz CT molecular complexity index is 1750. The van der Waals surface area contributed by atoms with Gasteiger partial charge in [-0.3, -0.25) is 0 Å². The number of esters is 4. The Morgan fingerprint density at radius 1 is 0.460 bits per heavy atom. The van der Waals surface area contributed by atoms with Crippen LogP contribution in [-0.4, -0.2) is 50.3 Å². The van der Waals surface area contributed by atoms with Crippen LogP contribution in [0.25, 0.3) is 11.1 Å². The highest BCUT2D eigenvalue weighted by molar-refractivity contribution is 6.18. The second kappa shape index (κ2) is 20.8. The lowest BCUT2D eigenvalue weighted by molar-refractivity contribution is -0.138. The zero-order valence-corrected chi connectivity index (χ0v) is 28.5. The topological polar surface area (TPSA) is 105 Å². The highest BCUT2D eigenvalue weighted by Crippen LogP contribution is 2.23. The lowest BCUT2D eigenvalue weighted by atomic mass is 9.99. The van der Waals surface area contributed by atoms with Crippen molar-refractivity contribution in [2.45, 2.75) is 27.7 Å². The van der Waals surface area contributed by atoms with Gasteiger partial charge in [-0.1, -0.05) is 84.3 Å². The fourth-order valence-corrected chi connectivity index (χ4v) is 4.21. The molecule has 0 aliphatic carbocycles. The number of hydrogen-bond acceptors (Lipinski definition) is 8. The first-order valence-corrected chi connectivity index (χ1v) is 16.1. The van der Waals surface area contributed by atoms with E-state index in [0.717, 1.165) is 0 Å². The number of carbonyl (C=O) groups excluding carboxylic acids is 4. The Hall–Kier alpha value is -6.38. The standard InChI is InChI=1S/C42H38O8/c1-5-47-39(43)35(21-19-31-15-11-9-12-16-31)27-29-37(41(45)49-7-3)33-23-25-34(26-24-33)38(42(46)50-8-4)30-28-36(40(44)48-6-2)22-20-32-17-13-10-14-18-32/h9-18,23-30H,5-8H2,1-4H3/b35-27+,36-28+,37-29+,38-30+. The molecule has 8 heteroatoms. The van der Waals surface area contributed by atoms with E-state index in [4.69, 9.17) is 18.9 Å². The van der Waals surface area contributed by atoms with Crippen LogP contribution in [0.3, 0.4) is 0 Å². The molecule has 3 aromatic carbocycles. The summed E-state index contributed by atoms with van der Waals surface area (Å²) in [5.74, 6) is 9.01. The fraction of sp³-hybridized carbons (Fsp3) is 0.190. The van der Waals surface area contributed by atoms with Gasteiger partial charge in [-0.15, -0.1) is 0 Å². The lowest BCUT2D eigenvalue weighted by Crippen LogP contribution is -2.09. The Kier molecular flexibility index (Phi) is 15.8. The molecule has 0 unspecified atom stereocenters. The van der Waals surface area contributed by atoms with E-state index in [9.17, 15) is 19.2 Å². The van der Waals surface area contributed by atoms with Gasteiger partial charge in [-0.05, 0) is 87.4 Å². The second-order valence-electron chi connectivity index (χ2n) is 10.0. The third-order valence-corrected chi connectivity index (χ3v) is 6.55. The quantitative estimate of drug-likeness (QED) is 0.0693. The van der Waals surface area contributed by atoms with Gasteiger partial charge in [0.05, 0.1) is 37.6 Å². The number of hydrogen-bond donors (Lipinski definition) is 0. The molecule has 0 spiro atoms. The van der Waals surface area contributed by atoms with Crippen LogP contribution in [0.4, 0.5) is 0 Å². The van der Waals surface area contributed by atoms with Gasteiger partial charge in [0, 0.05) is 11.1 Å². The maximum absolute atomic E-state index is 13.1. The summed E-state index contributed by atoms with van der Waals surface area (Å²) in [6.07, 6.45) is 5.72. The van der Waals surface area contributed by atoms with Gasteiger partial charge in [0.2, 0.25) is 0 Å². The third kappa shape index (κ3) is 12.0. The molecule has 0 saturated carbocycles. The Morgan fingerprint density at radius 3 is 1.10 bits per heavy atom. The lowest BCUT2D eigenvalue weighted by Gasteiger charge is -2.10. The van der Waals surface area contributed by atoms with Crippen LogP contribution in [0, 0.1) is 23.7 Å². The Balaban J connectivity index is 2.08. The summed E-state index contributed by atoms with van der Waals surface area (Å²) >= 11 is 0. The average Bonchev–Trinajstić information content (AvgIpc) is 3.12. The number of allylic oxidation sites excluding steroid dienone is 4. The molecule has 0 radical (unpaired) electrons. The van der Waals surface area contributed by atoms with Gasteiger partial charge in [0.25, 0.3) is 0 Å². The summed E-state index contributed by atoms with van der Waals surface area (Å²) in [5.41, 5.74) is 2.66. The smallest absolute Gasteiger partial charge is 0.346 e. The Morgan fingerprint density at radius 2 is 0.780 bits per heavy atom. The average molecular weight is 671 g/mol. The van der Waals surface area contributed by atoms with Crippen LogP contribution in [0.1, 0.15) is 49.9 Å². The van der Waals surface area contributed by atoms with Gasteiger partial charge in [0.15, 0.2) is 0 Å². The zero-order chi connectivity index (χ0) is 36.1. The molecule has 0 N–H and O–H groups in total. The first-order valence-electron chi connectivity index (χ1n) is 16.1. The summed E-state index contributed by atoms with van der Waals surface area (Å²) < 4.78 is 21.0. The van der Waals surface area contributed by atoms with E-state index in [-0.39, 0.29) is 48.7 Å². The van der Waals surface area contributed by atoms with Crippen molar-refractivity contribution in [1.82, 2.24) is 0 Å². The number of carbonyl (C=O) groups is 4. The zero-order valence-electron chi connectivity index (χ0n) is 28.5. The van der Waals surface area contributed by atoms with E-state index in [1.165, 1.54) is 24.3 Å². The normalized spacial score (nSPS) is 11.6. The van der Waals surface area contributed by atoms with Crippen LogP contribution >= 0.6 is 0 Å². The van der Waals surface area contributed by atoms with Gasteiger partial charge >= 0.3 is 23.9 Å². The van der Waals surface area contributed by atoms with Crippen molar-refractivity contribution in [3.63, 3.8) is 0 Å². The van der Waals surface area contributed by atoms with Gasteiger partial charge < -0.3 is 18.9 Å². The van der Waals surface area contributed by atoms with Crippen molar-refractivity contribution >= 4 is 35.0 Å². The highest BCUT2D eigenvalue weighted by atomic mass is 16.5. The molecule has 0 atom stereocenters. The van der Waals surface area contributed by atoms with Crippen molar-refractivity contribution < 1.29 is 38.1 Å². The molecule has 0 bridgehead atoms. The molecule has 3 aromatic rings. The summed E-state index contributed by atoms with van der Waals surface area (Å²) in [6.45, 7) is 7.27. The number of rotatable bonds is 12. The molecule has 0 amide bonds.